The lowest BCUT2D eigenvalue weighted by molar-refractivity contribution is 0.102. The number of anilines is 2. The van der Waals surface area contributed by atoms with Crippen LogP contribution in [0.15, 0.2) is 65.6 Å². The van der Waals surface area contributed by atoms with Gasteiger partial charge in [-0.25, -0.2) is 4.79 Å². The molecule has 9 nitrogen and oxygen atoms in total. The van der Waals surface area contributed by atoms with Gasteiger partial charge in [-0.05, 0) is 60.9 Å². The monoisotopic (exact) mass is 459 g/mol. The Hall–Kier alpha value is -4.14. The highest BCUT2D eigenvalue weighted by molar-refractivity contribution is 6.02. The molecule has 0 spiro atoms. The summed E-state index contributed by atoms with van der Waals surface area (Å²) in [5.74, 6) is 0.522. The zero-order chi connectivity index (χ0) is 23.7. The third kappa shape index (κ3) is 4.24. The number of benzene rings is 1. The van der Waals surface area contributed by atoms with E-state index in [1.54, 1.807) is 60.2 Å². The van der Waals surface area contributed by atoms with Crippen LogP contribution in [0.5, 0.6) is 5.75 Å². The lowest BCUT2D eigenvalue weighted by Crippen LogP contribution is -2.50. The molecule has 2 aromatic heterocycles. The Morgan fingerprint density at radius 2 is 1.82 bits per heavy atom. The number of carbonyl (C=O) groups is 2. The molecule has 2 aliphatic rings. The van der Waals surface area contributed by atoms with E-state index in [0.29, 0.717) is 25.3 Å². The number of hydrogen-bond donors (Lipinski definition) is 2. The number of methoxy groups -OCH3 is 1. The van der Waals surface area contributed by atoms with Crippen molar-refractivity contribution in [2.24, 2.45) is 5.92 Å². The van der Waals surface area contributed by atoms with Crippen molar-refractivity contribution in [3.63, 3.8) is 0 Å². The molecule has 3 amide bonds. The van der Waals surface area contributed by atoms with Gasteiger partial charge in [0.05, 0.1) is 7.11 Å². The van der Waals surface area contributed by atoms with Gasteiger partial charge < -0.3 is 24.8 Å². The molecule has 9 heteroatoms. The molecule has 0 aliphatic carbocycles. The van der Waals surface area contributed by atoms with Crippen LogP contribution in [0.3, 0.4) is 0 Å². The van der Waals surface area contributed by atoms with Crippen LogP contribution in [0.4, 0.5) is 16.2 Å². The van der Waals surface area contributed by atoms with Gasteiger partial charge >= 0.3 is 6.03 Å². The number of urea groups is 1. The Balaban J connectivity index is 1.31. The SMILES string of the molecule is COc1ccc(NC(=O)N2CC3CC(C2)c2ccc(NC(=O)c4ccccn4)c(=O)n2C3)cc1. The summed E-state index contributed by atoms with van der Waals surface area (Å²) in [5, 5.41) is 5.63. The van der Waals surface area contributed by atoms with Crippen LogP contribution in [0.1, 0.15) is 28.5 Å². The molecular formula is C25H25N5O4. The van der Waals surface area contributed by atoms with E-state index in [-0.39, 0.29) is 34.8 Å². The molecule has 34 heavy (non-hydrogen) atoms. The zero-order valence-electron chi connectivity index (χ0n) is 18.7. The Kier molecular flexibility index (Phi) is 5.75. The second-order valence-electron chi connectivity index (χ2n) is 8.62. The maximum atomic E-state index is 13.1. The molecule has 5 rings (SSSR count). The highest BCUT2D eigenvalue weighted by Crippen LogP contribution is 2.35. The summed E-state index contributed by atoms with van der Waals surface area (Å²) in [5.41, 5.74) is 1.84. The van der Waals surface area contributed by atoms with Crippen molar-refractivity contribution < 1.29 is 14.3 Å². The van der Waals surface area contributed by atoms with Crippen LogP contribution >= 0.6 is 0 Å². The molecule has 2 N–H and O–H groups in total. The first-order valence-corrected chi connectivity index (χ1v) is 11.2. The lowest BCUT2D eigenvalue weighted by atomic mass is 9.83. The molecule has 2 aliphatic heterocycles. The fraction of sp³-hybridized carbons (Fsp3) is 0.280. The summed E-state index contributed by atoms with van der Waals surface area (Å²) < 4.78 is 6.90. The summed E-state index contributed by atoms with van der Waals surface area (Å²) in [6, 6.07) is 15.6. The topological polar surface area (TPSA) is 106 Å². The second kappa shape index (κ2) is 9.01. The number of hydrogen-bond acceptors (Lipinski definition) is 5. The number of piperidine rings is 1. The van der Waals surface area contributed by atoms with Gasteiger partial charge in [0.15, 0.2) is 0 Å². The van der Waals surface area contributed by atoms with Gasteiger partial charge in [-0.3, -0.25) is 14.6 Å². The Morgan fingerprint density at radius 1 is 1.00 bits per heavy atom. The fourth-order valence-corrected chi connectivity index (χ4v) is 4.77. The van der Waals surface area contributed by atoms with E-state index >= 15 is 0 Å². The van der Waals surface area contributed by atoms with Gasteiger partial charge in [-0.15, -0.1) is 0 Å². The number of likely N-dealkylation sites (tertiary alicyclic amines) is 1. The van der Waals surface area contributed by atoms with Crippen molar-refractivity contribution in [2.45, 2.75) is 18.9 Å². The molecule has 2 atom stereocenters. The fourth-order valence-electron chi connectivity index (χ4n) is 4.77. The quantitative estimate of drug-likeness (QED) is 0.624. The summed E-state index contributed by atoms with van der Waals surface area (Å²) in [6.45, 7) is 1.59. The van der Waals surface area contributed by atoms with Crippen LogP contribution in [0.2, 0.25) is 0 Å². The normalized spacial score (nSPS) is 18.6. The first kappa shape index (κ1) is 21.7. The maximum Gasteiger partial charge on any atom is 0.321 e. The minimum absolute atomic E-state index is 0.0577. The van der Waals surface area contributed by atoms with Gasteiger partial charge in [0, 0.05) is 43.1 Å². The van der Waals surface area contributed by atoms with Crippen LogP contribution in [0, 0.1) is 5.92 Å². The number of amides is 3. The number of nitrogens with one attached hydrogen (secondary N) is 2. The van der Waals surface area contributed by atoms with E-state index in [1.165, 1.54) is 6.20 Å². The maximum absolute atomic E-state index is 13.1. The van der Waals surface area contributed by atoms with Crippen molar-refractivity contribution in [3.05, 3.63) is 82.5 Å². The molecule has 0 radical (unpaired) electrons. The van der Waals surface area contributed by atoms with Gasteiger partial charge in [0.25, 0.3) is 11.5 Å². The highest BCUT2D eigenvalue weighted by Gasteiger charge is 2.36. The van der Waals surface area contributed by atoms with Gasteiger partial charge in [-0.2, -0.15) is 0 Å². The molecule has 0 saturated carbocycles. The Bertz CT molecular complexity index is 1270. The van der Waals surface area contributed by atoms with Gasteiger partial charge in [-0.1, -0.05) is 6.07 Å². The van der Waals surface area contributed by atoms with Crippen LogP contribution in [-0.4, -0.2) is 46.6 Å². The van der Waals surface area contributed by atoms with E-state index in [9.17, 15) is 14.4 Å². The standard InChI is InChI=1S/C25H25N5O4/c1-34-19-7-5-18(6-8-19)27-25(33)29-13-16-12-17(15-29)22-10-9-21(24(32)30(22)14-16)28-23(31)20-4-2-3-11-26-20/h2-11,16-17H,12-15H2,1H3,(H,27,33)(H,28,31). The number of aromatic nitrogens is 2. The van der Waals surface area contributed by atoms with Gasteiger partial charge in [0.2, 0.25) is 0 Å². The molecular weight excluding hydrogens is 434 g/mol. The number of pyridine rings is 2. The third-order valence-corrected chi connectivity index (χ3v) is 6.38. The number of fused-ring (bicyclic) bond motifs is 4. The number of carbonyl (C=O) groups excluding carboxylic acids is 2. The van der Waals surface area contributed by atoms with Gasteiger partial charge in [0.1, 0.15) is 17.1 Å². The Labute approximate surface area is 196 Å². The van der Waals surface area contributed by atoms with Crippen LogP contribution in [0.25, 0.3) is 0 Å². The third-order valence-electron chi connectivity index (χ3n) is 6.38. The molecule has 1 aromatic carbocycles. The van der Waals surface area contributed by atoms with Crippen molar-refractivity contribution >= 4 is 23.3 Å². The average molecular weight is 460 g/mol. The van der Waals surface area contributed by atoms with E-state index in [0.717, 1.165) is 17.9 Å². The predicted octanol–water partition coefficient (Wildman–Crippen LogP) is 3.16. The summed E-state index contributed by atoms with van der Waals surface area (Å²) >= 11 is 0. The summed E-state index contributed by atoms with van der Waals surface area (Å²) in [7, 11) is 1.60. The molecule has 1 saturated heterocycles. The van der Waals surface area contributed by atoms with E-state index in [2.05, 4.69) is 15.6 Å². The summed E-state index contributed by atoms with van der Waals surface area (Å²) in [6.07, 6.45) is 2.46. The molecule has 4 heterocycles. The minimum atomic E-state index is -0.421. The number of nitrogens with zero attached hydrogens (tertiary/aromatic N) is 3. The lowest BCUT2D eigenvalue weighted by Gasteiger charge is -2.42. The van der Waals surface area contributed by atoms with E-state index in [4.69, 9.17) is 4.74 Å². The van der Waals surface area contributed by atoms with Crippen molar-refractivity contribution in [3.8, 4) is 5.75 Å². The predicted molar refractivity (Wildman–Crippen MR) is 127 cm³/mol. The second-order valence-corrected chi connectivity index (χ2v) is 8.62. The molecule has 2 unspecified atom stereocenters. The van der Waals surface area contributed by atoms with Crippen molar-refractivity contribution in [2.75, 3.05) is 30.8 Å². The first-order valence-electron chi connectivity index (χ1n) is 11.2. The first-order chi connectivity index (χ1) is 16.5. The molecule has 174 valence electrons. The van der Waals surface area contributed by atoms with Crippen molar-refractivity contribution in [1.82, 2.24) is 14.5 Å². The average Bonchev–Trinajstić information content (AvgIpc) is 2.87. The zero-order valence-corrected chi connectivity index (χ0v) is 18.7. The van der Waals surface area contributed by atoms with Crippen LogP contribution < -0.4 is 20.9 Å². The molecule has 3 aromatic rings. The van der Waals surface area contributed by atoms with E-state index < -0.39 is 5.91 Å². The summed E-state index contributed by atoms with van der Waals surface area (Å²) in [4.78, 5) is 44.3. The highest BCUT2D eigenvalue weighted by atomic mass is 16.5. The smallest absolute Gasteiger partial charge is 0.321 e. The number of ether oxygens (including phenoxy) is 1. The minimum Gasteiger partial charge on any atom is -0.497 e. The largest absolute Gasteiger partial charge is 0.497 e. The molecule has 2 bridgehead atoms. The number of rotatable bonds is 4. The van der Waals surface area contributed by atoms with Crippen LogP contribution in [-0.2, 0) is 6.54 Å². The van der Waals surface area contributed by atoms with Crippen molar-refractivity contribution in [1.29, 1.82) is 0 Å². The molecule has 1 fully saturated rings. The Morgan fingerprint density at radius 3 is 2.56 bits per heavy atom. The van der Waals surface area contributed by atoms with E-state index in [1.807, 2.05) is 11.0 Å².